The lowest BCUT2D eigenvalue weighted by Crippen LogP contribution is -2.57. The van der Waals surface area contributed by atoms with E-state index in [1.54, 1.807) is 24.3 Å². The van der Waals surface area contributed by atoms with E-state index in [2.05, 4.69) is 15.5 Å². The third-order valence-corrected chi connectivity index (χ3v) is 9.93. The number of nitrogens with one attached hydrogen (secondary N) is 1. The number of hydrogen-bond donors (Lipinski definition) is 2. The topological polar surface area (TPSA) is 168 Å². The predicted molar refractivity (Wildman–Crippen MR) is 136 cm³/mol. The third-order valence-electron chi connectivity index (χ3n) is 7.21. The van der Waals surface area contributed by atoms with Gasteiger partial charge in [-0.3, -0.25) is 9.59 Å². The van der Waals surface area contributed by atoms with Crippen molar-refractivity contribution in [1.29, 1.82) is 5.26 Å². The number of nitrogens with zero attached hydrogens (tertiary/aromatic N) is 5. The van der Waals surface area contributed by atoms with Gasteiger partial charge in [-0.15, -0.1) is 5.10 Å². The lowest BCUT2D eigenvalue weighted by atomic mass is 10.1. The van der Waals surface area contributed by atoms with Gasteiger partial charge in [-0.2, -0.15) is 14.7 Å². The molecule has 1 saturated carbocycles. The second kappa shape index (κ2) is 9.79. The van der Waals surface area contributed by atoms with E-state index in [1.165, 1.54) is 28.2 Å². The molecule has 13 heteroatoms. The first-order chi connectivity index (χ1) is 18.2. The van der Waals surface area contributed by atoms with Gasteiger partial charge in [-0.05, 0) is 43.0 Å². The van der Waals surface area contributed by atoms with Crippen molar-refractivity contribution in [3.8, 4) is 11.9 Å². The lowest BCUT2D eigenvalue weighted by molar-refractivity contribution is 0.0949. The molecule has 2 aliphatic rings. The van der Waals surface area contributed by atoms with Gasteiger partial charge in [-0.25, -0.2) is 8.42 Å². The van der Waals surface area contributed by atoms with Gasteiger partial charge >= 0.3 is 0 Å². The zero-order valence-electron chi connectivity index (χ0n) is 20.6. The Labute approximate surface area is 218 Å². The lowest BCUT2D eigenvalue weighted by Gasteiger charge is -2.40. The average Bonchev–Trinajstić information content (AvgIpc) is 3.69. The van der Waals surface area contributed by atoms with E-state index in [-0.39, 0.29) is 31.2 Å². The van der Waals surface area contributed by atoms with Crippen molar-refractivity contribution >= 4 is 26.8 Å². The van der Waals surface area contributed by atoms with Gasteiger partial charge in [-0.1, -0.05) is 12.1 Å². The Kier molecular flexibility index (Phi) is 6.64. The molecule has 12 nitrogen and oxygen atoms in total. The summed E-state index contributed by atoms with van der Waals surface area (Å²) >= 11 is 0. The predicted octanol–water partition coefficient (Wildman–Crippen LogP) is 0.438. The Morgan fingerprint density at radius 3 is 2.66 bits per heavy atom. The van der Waals surface area contributed by atoms with Crippen LogP contribution in [0.2, 0.25) is 0 Å². The number of carbonyl (C=O) groups is 1. The number of sulfonamides is 1. The normalized spacial score (nSPS) is 18.4. The Morgan fingerprint density at radius 1 is 1.32 bits per heavy atom. The summed E-state index contributed by atoms with van der Waals surface area (Å²) in [4.78, 5) is 25.9. The number of aromatic nitrogens is 3. The van der Waals surface area contributed by atoms with Gasteiger partial charge in [0.15, 0.2) is 0 Å². The Hall–Kier alpha value is -3.86. The van der Waals surface area contributed by atoms with Crippen molar-refractivity contribution in [2.45, 2.75) is 36.6 Å². The van der Waals surface area contributed by atoms with E-state index < -0.39 is 32.3 Å². The number of fused-ring (bicyclic) bond motifs is 1. The molecular weight excluding hydrogens is 512 g/mol. The van der Waals surface area contributed by atoms with E-state index in [0.717, 1.165) is 5.56 Å². The van der Waals surface area contributed by atoms with Crippen molar-refractivity contribution in [2.24, 2.45) is 7.05 Å². The molecule has 1 atom stereocenters. The Balaban J connectivity index is 1.35. The molecule has 0 radical (unpaired) electrons. The van der Waals surface area contributed by atoms with Crippen molar-refractivity contribution < 1.29 is 23.1 Å². The summed E-state index contributed by atoms with van der Waals surface area (Å²) in [6.07, 6.45) is 2.86. The van der Waals surface area contributed by atoms with Crippen LogP contribution in [-0.4, -0.2) is 69.0 Å². The van der Waals surface area contributed by atoms with E-state index in [0.29, 0.717) is 42.3 Å². The summed E-state index contributed by atoms with van der Waals surface area (Å²) in [7, 11) is -2.20. The highest BCUT2D eigenvalue weighted by atomic mass is 32.2. The van der Waals surface area contributed by atoms with Gasteiger partial charge in [0, 0.05) is 31.6 Å². The number of amides is 1. The summed E-state index contributed by atoms with van der Waals surface area (Å²) in [6.45, 7) is 0.141. The van der Waals surface area contributed by atoms with E-state index in [1.807, 2.05) is 6.07 Å². The molecule has 2 N–H and O–H groups in total. The first-order valence-corrected chi connectivity index (χ1v) is 13.5. The van der Waals surface area contributed by atoms with Gasteiger partial charge in [0.25, 0.3) is 17.3 Å². The second-order valence-corrected chi connectivity index (χ2v) is 11.9. The van der Waals surface area contributed by atoms with Crippen LogP contribution in [0.5, 0.6) is 5.88 Å². The molecule has 2 aromatic heterocycles. The largest absolute Gasteiger partial charge is 0.473 e. The number of carbonyl (C=O) groups excluding carboxylic acids is 1. The Morgan fingerprint density at radius 2 is 2.05 bits per heavy atom. The second-order valence-electron chi connectivity index (χ2n) is 9.58. The molecule has 1 aliphatic carbocycles. The number of nitriles is 1. The molecule has 1 amide bonds. The number of aliphatic hydroxyl groups is 1. The first kappa shape index (κ1) is 25.8. The number of aliphatic hydroxyl groups excluding tert-OH is 1. The van der Waals surface area contributed by atoms with Gasteiger partial charge in [0.2, 0.25) is 10.0 Å². The van der Waals surface area contributed by atoms with Crippen LogP contribution in [0.15, 0.2) is 41.3 Å². The zero-order chi connectivity index (χ0) is 27.1. The highest BCUT2D eigenvalue weighted by Gasteiger charge is 2.60. The molecule has 2 fully saturated rings. The monoisotopic (exact) mass is 538 g/mol. The minimum absolute atomic E-state index is 0.00423. The van der Waals surface area contributed by atoms with Crippen LogP contribution in [0.4, 0.5) is 0 Å². The third kappa shape index (κ3) is 4.40. The van der Waals surface area contributed by atoms with Crippen LogP contribution >= 0.6 is 0 Å². The Bertz CT molecular complexity index is 1610. The van der Waals surface area contributed by atoms with E-state index in [9.17, 15) is 23.1 Å². The number of ether oxygens (including phenoxy) is 1. The quantitative estimate of drug-likeness (QED) is 0.393. The number of benzene rings is 1. The van der Waals surface area contributed by atoms with E-state index >= 15 is 0 Å². The molecule has 0 unspecified atom stereocenters. The highest BCUT2D eigenvalue weighted by molar-refractivity contribution is 7.90. The van der Waals surface area contributed by atoms with Crippen molar-refractivity contribution in [3.63, 3.8) is 0 Å². The molecule has 1 saturated heterocycles. The van der Waals surface area contributed by atoms with Gasteiger partial charge < -0.3 is 19.7 Å². The van der Waals surface area contributed by atoms with Gasteiger partial charge in [0.05, 0.1) is 24.4 Å². The maximum atomic E-state index is 13.2. The maximum absolute atomic E-state index is 13.2. The maximum Gasteiger partial charge on any atom is 0.263 e. The minimum atomic E-state index is -3.68. The molecule has 38 heavy (non-hydrogen) atoms. The van der Waals surface area contributed by atoms with Crippen LogP contribution in [-0.2, 0) is 23.6 Å². The zero-order valence-corrected chi connectivity index (χ0v) is 21.4. The summed E-state index contributed by atoms with van der Waals surface area (Å²) < 4.78 is 33.7. The molecule has 0 bridgehead atoms. The van der Waals surface area contributed by atoms with Crippen LogP contribution in [0.1, 0.15) is 40.7 Å². The fraction of sp³-hybridized carbons (Fsp3) is 0.400. The fourth-order valence-corrected chi connectivity index (χ4v) is 6.77. The van der Waals surface area contributed by atoms with Crippen LogP contribution in [0, 0.1) is 11.3 Å². The standard InChI is InChI=1S/C25H26N6O6S/c1-30-21-18(10-20(24(30)34)22(33)27-12-17-4-2-16(11-26)3-5-17)13-28-29-23(21)37-15-25(7-8-25)38(35,36)31-9-6-19(31)14-32/h2-5,10,13,19,32H,6-9,12,14-15H2,1H3,(H,27,33)/t19-/m0/s1. The number of pyridine rings is 1. The smallest absolute Gasteiger partial charge is 0.263 e. The van der Waals surface area contributed by atoms with Crippen LogP contribution in [0.3, 0.4) is 0 Å². The summed E-state index contributed by atoms with van der Waals surface area (Å²) in [5, 5.41) is 29.4. The first-order valence-electron chi connectivity index (χ1n) is 12.1. The van der Waals surface area contributed by atoms with Crippen LogP contribution in [0.25, 0.3) is 10.9 Å². The number of aryl methyl sites for hydroxylation is 1. The summed E-state index contributed by atoms with van der Waals surface area (Å²) in [5.74, 6) is -0.581. The SMILES string of the molecule is Cn1c(=O)c(C(=O)NCc2ccc(C#N)cc2)cc2cnnc(OCC3(S(=O)(=O)N4CC[C@H]4CO)CC3)c21. The van der Waals surface area contributed by atoms with Crippen molar-refractivity contribution in [2.75, 3.05) is 19.8 Å². The summed E-state index contributed by atoms with van der Waals surface area (Å²) in [5.41, 5.74) is 0.889. The molecule has 5 rings (SSSR count). The van der Waals surface area contributed by atoms with Crippen molar-refractivity contribution in [3.05, 3.63) is 63.6 Å². The van der Waals surface area contributed by atoms with Crippen LogP contribution < -0.4 is 15.6 Å². The summed E-state index contributed by atoms with van der Waals surface area (Å²) in [6, 6.07) is 9.75. The molecule has 0 spiro atoms. The average molecular weight is 539 g/mol. The number of hydrogen-bond acceptors (Lipinski definition) is 9. The molecule has 3 aromatic rings. The molecule has 3 heterocycles. The van der Waals surface area contributed by atoms with E-state index in [4.69, 9.17) is 10.00 Å². The van der Waals surface area contributed by atoms with Crippen molar-refractivity contribution in [1.82, 2.24) is 24.4 Å². The molecule has 1 aromatic carbocycles. The molecule has 198 valence electrons. The molecular formula is C25H26N6O6S. The number of rotatable bonds is 9. The van der Waals surface area contributed by atoms with Gasteiger partial charge in [0.1, 0.15) is 22.4 Å². The molecule has 1 aliphatic heterocycles. The minimum Gasteiger partial charge on any atom is -0.473 e. The fourth-order valence-electron chi connectivity index (χ4n) is 4.53. The highest BCUT2D eigenvalue weighted by Crippen LogP contribution is 2.47.